The number of thiocarbonyl (C=S) groups is 1. The Kier molecular flexibility index (Phi) is 6.01. The molecule has 0 unspecified atom stereocenters. The zero-order chi connectivity index (χ0) is 22.0. The van der Waals surface area contributed by atoms with E-state index in [1.807, 2.05) is 18.2 Å². The van der Waals surface area contributed by atoms with Crippen LogP contribution >= 0.6 is 24.0 Å². The smallest absolute Gasteiger partial charge is 0.327 e. The SMILES string of the molecule is O=C(O)[C@@H](Cc1ccccc1)N1C(=O)/C(=C\c2ccc(-c3ccccc3F)o2)SC1=S. The number of aliphatic carboxylic acids is 1. The van der Waals surface area contributed by atoms with Crippen LogP contribution in [0, 0.1) is 5.82 Å². The van der Waals surface area contributed by atoms with Gasteiger partial charge in [0.05, 0.1) is 10.5 Å². The highest BCUT2D eigenvalue weighted by atomic mass is 32.2. The molecule has 4 rings (SSSR count). The number of rotatable bonds is 6. The van der Waals surface area contributed by atoms with E-state index >= 15 is 0 Å². The fourth-order valence-electron chi connectivity index (χ4n) is 3.24. The Hall–Kier alpha value is -3.23. The number of nitrogens with zero attached hydrogens (tertiary/aromatic N) is 1. The van der Waals surface area contributed by atoms with Gasteiger partial charge in [-0.3, -0.25) is 9.69 Å². The Bertz CT molecular complexity index is 1190. The Labute approximate surface area is 187 Å². The molecule has 156 valence electrons. The number of benzene rings is 2. The van der Waals surface area contributed by atoms with Crippen molar-refractivity contribution in [1.29, 1.82) is 0 Å². The van der Waals surface area contributed by atoms with Crippen LogP contribution in [0.5, 0.6) is 0 Å². The van der Waals surface area contributed by atoms with Gasteiger partial charge >= 0.3 is 5.97 Å². The summed E-state index contributed by atoms with van der Waals surface area (Å²) >= 11 is 6.32. The van der Waals surface area contributed by atoms with Crippen LogP contribution in [0.3, 0.4) is 0 Å². The number of halogens is 1. The molecule has 1 atom stereocenters. The molecule has 1 saturated heterocycles. The van der Waals surface area contributed by atoms with Crippen molar-refractivity contribution in [2.45, 2.75) is 12.5 Å². The predicted octanol–water partition coefficient (Wildman–Crippen LogP) is 4.98. The lowest BCUT2D eigenvalue weighted by Crippen LogP contribution is -2.45. The van der Waals surface area contributed by atoms with Crippen LogP contribution < -0.4 is 0 Å². The summed E-state index contributed by atoms with van der Waals surface area (Å²) in [5.41, 5.74) is 1.09. The second kappa shape index (κ2) is 8.87. The highest BCUT2D eigenvalue weighted by Gasteiger charge is 2.40. The molecule has 0 bridgehead atoms. The van der Waals surface area contributed by atoms with Crippen molar-refractivity contribution in [1.82, 2.24) is 4.90 Å². The molecule has 1 aliphatic rings. The highest BCUT2D eigenvalue weighted by molar-refractivity contribution is 8.26. The van der Waals surface area contributed by atoms with E-state index in [4.69, 9.17) is 16.6 Å². The molecule has 2 aromatic carbocycles. The Morgan fingerprint density at radius 2 is 1.84 bits per heavy atom. The molecule has 0 saturated carbocycles. The van der Waals surface area contributed by atoms with E-state index in [2.05, 4.69) is 0 Å². The number of thioether (sulfide) groups is 1. The van der Waals surface area contributed by atoms with Crippen LogP contribution in [0.15, 0.2) is 76.1 Å². The van der Waals surface area contributed by atoms with Gasteiger partial charge in [0.1, 0.15) is 27.7 Å². The number of carbonyl (C=O) groups excluding carboxylic acids is 1. The van der Waals surface area contributed by atoms with Gasteiger partial charge in [0.25, 0.3) is 5.91 Å². The summed E-state index contributed by atoms with van der Waals surface area (Å²) in [6.07, 6.45) is 1.62. The summed E-state index contributed by atoms with van der Waals surface area (Å²) in [6, 6.07) is 17.4. The lowest BCUT2D eigenvalue weighted by atomic mass is 10.0. The van der Waals surface area contributed by atoms with Gasteiger partial charge in [0.2, 0.25) is 0 Å². The fourth-order valence-corrected chi connectivity index (χ4v) is 4.58. The fraction of sp³-hybridized carbons (Fsp3) is 0.0870. The molecular weight excluding hydrogens is 437 g/mol. The maximum absolute atomic E-state index is 14.0. The van der Waals surface area contributed by atoms with Gasteiger partial charge in [-0.05, 0) is 29.8 Å². The average molecular weight is 454 g/mol. The largest absolute Gasteiger partial charge is 0.480 e. The number of carboxylic acids is 1. The number of hydrogen-bond acceptors (Lipinski definition) is 5. The molecule has 0 radical (unpaired) electrons. The number of carbonyl (C=O) groups is 2. The molecule has 5 nitrogen and oxygen atoms in total. The van der Waals surface area contributed by atoms with E-state index in [1.165, 1.54) is 12.1 Å². The van der Waals surface area contributed by atoms with Crippen molar-refractivity contribution in [3.8, 4) is 11.3 Å². The van der Waals surface area contributed by atoms with E-state index < -0.39 is 23.7 Å². The van der Waals surface area contributed by atoms with E-state index in [1.54, 1.807) is 42.5 Å². The van der Waals surface area contributed by atoms with Crippen LogP contribution in [0.1, 0.15) is 11.3 Å². The Morgan fingerprint density at radius 3 is 2.55 bits per heavy atom. The van der Waals surface area contributed by atoms with E-state index in [9.17, 15) is 19.1 Å². The summed E-state index contributed by atoms with van der Waals surface area (Å²) in [5, 5.41) is 9.73. The van der Waals surface area contributed by atoms with Gasteiger partial charge in [-0.25, -0.2) is 9.18 Å². The monoisotopic (exact) mass is 453 g/mol. The first kappa shape index (κ1) is 21.0. The van der Waals surface area contributed by atoms with Crippen molar-refractivity contribution in [3.05, 3.63) is 88.8 Å². The number of furan rings is 1. The van der Waals surface area contributed by atoms with Gasteiger partial charge in [0, 0.05) is 12.5 Å². The molecule has 0 spiro atoms. The molecule has 1 aliphatic heterocycles. The van der Waals surface area contributed by atoms with Crippen molar-refractivity contribution in [2.75, 3.05) is 0 Å². The van der Waals surface area contributed by atoms with Crippen LogP contribution in [-0.4, -0.2) is 32.2 Å². The van der Waals surface area contributed by atoms with Crippen LogP contribution in [0.4, 0.5) is 4.39 Å². The second-order valence-electron chi connectivity index (χ2n) is 6.78. The van der Waals surface area contributed by atoms with Gasteiger partial charge in [-0.1, -0.05) is 66.4 Å². The van der Waals surface area contributed by atoms with Crippen LogP contribution in [-0.2, 0) is 16.0 Å². The third kappa shape index (κ3) is 4.45. The minimum Gasteiger partial charge on any atom is -0.480 e. The molecular formula is C23H16FNO4S2. The lowest BCUT2D eigenvalue weighted by molar-refractivity contribution is -0.145. The Morgan fingerprint density at radius 1 is 1.13 bits per heavy atom. The predicted molar refractivity (Wildman–Crippen MR) is 121 cm³/mol. The topological polar surface area (TPSA) is 70.8 Å². The first-order chi connectivity index (χ1) is 14.9. The first-order valence-corrected chi connectivity index (χ1v) is 10.5. The van der Waals surface area contributed by atoms with Crippen LogP contribution in [0.25, 0.3) is 17.4 Å². The van der Waals surface area contributed by atoms with Crippen LogP contribution in [0.2, 0.25) is 0 Å². The van der Waals surface area contributed by atoms with Crippen molar-refractivity contribution in [2.24, 2.45) is 0 Å². The molecule has 1 N–H and O–H groups in total. The third-order valence-corrected chi connectivity index (χ3v) is 6.06. The maximum Gasteiger partial charge on any atom is 0.327 e. The average Bonchev–Trinajstić information content (AvgIpc) is 3.32. The molecule has 1 amide bonds. The van der Waals surface area contributed by atoms with E-state index in [0.717, 1.165) is 22.2 Å². The molecule has 1 fully saturated rings. The minimum atomic E-state index is -1.14. The maximum atomic E-state index is 14.0. The number of hydrogen-bond donors (Lipinski definition) is 1. The van der Waals surface area contributed by atoms with Crippen molar-refractivity contribution >= 4 is 46.3 Å². The molecule has 2 heterocycles. The third-order valence-electron chi connectivity index (χ3n) is 4.73. The van der Waals surface area contributed by atoms with Gasteiger partial charge < -0.3 is 9.52 Å². The molecule has 1 aromatic heterocycles. The molecule has 3 aromatic rings. The summed E-state index contributed by atoms with van der Waals surface area (Å²) in [4.78, 5) is 26.3. The van der Waals surface area contributed by atoms with E-state index in [-0.39, 0.29) is 15.6 Å². The van der Waals surface area contributed by atoms with Crippen molar-refractivity contribution in [3.63, 3.8) is 0 Å². The highest BCUT2D eigenvalue weighted by Crippen LogP contribution is 2.35. The summed E-state index contributed by atoms with van der Waals surface area (Å²) in [6.45, 7) is 0. The zero-order valence-electron chi connectivity index (χ0n) is 16.0. The number of amides is 1. The van der Waals surface area contributed by atoms with E-state index in [0.29, 0.717) is 17.1 Å². The quantitative estimate of drug-likeness (QED) is 0.419. The van der Waals surface area contributed by atoms with Gasteiger partial charge in [-0.15, -0.1) is 0 Å². The van der Waals surface area contributed by atoms with Gasteiger partial charge in [-0.2, -0.15) is 0 Å². The summed E-state index contributed by atoms with van der Waals surface area (Å²) in [5.74, 6) is -1.38. The Balaban J connectivity index is 1.58. The summed E-state index contributed by atoms with van der Waals surface area (Å²) < 4.78 is 19.8. The van der Waals surface area contributed by atoms with Gasteiger partial charge in [0.15, 0.2) is 0 Å². The normalized spacial score (nSPS) is 16.2. The standard InChI is InChI=1S/C23H16FNO4S2/c24-17-9-5-4-8-16(17)19-11-10-15(29-19)13-20-21(26)25(23(30)31-20)18(22(27)28)12-14-6-2-1-3-7-14/h1-11,13,18H,12H2,(H,27,28)/b20-13+/t18-/m1/s1. The lowest BCUT2D eigenvalue weighted by Gasteiger charge is -2.23. The minimum absolute atomic E-state index is 0.133. The molecule has 31 heavy (non-hydrogen) atoms. The first-order valence-electron chi connectivity index (χ1n) is 9.32. The second-order valence-corrected chi connectivity index (χ2v) is 8.45. The molecule has 0 aliphatic carbocycles. The molecule has 8 heteroatoms. The summed E-state index contributed by atoms with van der Waals surface area (Å²) in [7, 11) is 0. The zero-order valence-corrected chi connectivity index (χ0v) is 17.7. The van der Waals surface area contributed by atoms with Crippen molar-refractivity contribution < 1.29 is 23.5 Å². The number of carboxylic acid groups (broad SMARTS) is 1.